The minimum absolute atomic E-state index is 0.190. The van der Waals surface area contributed by atoms with Gasteiger partial charge in [0.15, 0.2) is 0 Å². The monoisotopic (exact) mass is 437 g/mol. The van der Waals surface area contributed by atoms with Crippen LogP contribution in [0.2, 0.25) is 0 Å². The van der Waals surface area contributed by atoms with Gasteiger partial charge in [-0.1, -0.05) is 17.7 Å². The van der Waals surface area contributed by atoms with Gasteiger partial charge < -0.3 is 14.8 Å². The van der Waals surface area contributed by atoms with Gasteiger partial charge in [-0.2, -0.15) is 0 Å². The van der Waals surface area contributed by atoms with Crippen molar-refractivity contribution in [3.63, 3.8) is 0 Å². The molecule has 1 N–H and O–H groups in total. The molecule has 1 fully saturated rings. The molecule has 168 valence electrons. The van der Waals surface area contributed by atoms with Gasteiger partial charge in [0.25, 0.3) is 17.7 Å². The molecular formula is C24H27N3O5. The fourth-order valence-corrected chi connectivity index (χ4v) is 3.45. The second-order valence-corrected chi connectivity index (χ2v) is 7.33. The predicted molar refractivity (Wildman–Crippen MR) is 120 cm³/mol. The molecule has 3 amide bonds. The van der Waals surface area contributed by atoms with Crippen molar-refractivity contribution in [3.05, 3.63) is 65.2 Å². The van der Waals surface area contributed by atoms with E-state index in [-0.39, 0.29) is 24.3 Å². The number of carbonyl (C=O) groups is 3. The van der Waals surface area contributed by atoms with Gasteiger partial charge in [0.1, 0.15) is 11.5 Å². The van der Waals surface area contributed by atoms with E-state index in [0.717, 1.165) is 5.56 Å². The molecule has 1 heterocycles. The first-order chi connectivity index (χ1) is 15.4. The molecule has 1 aliphatic heterocycles. The normalized spacial score (nSPS) is 13.3. The quantitative estimate of drug-likeness (QED) is 0.673. The maximum atomic E-state index is 12.8. The van der Waals surface area contributed by atoms with Crippen molar-refractivity contribution in [3.8, 4) is 11.5 Å². The summed E-state index contributed by atoms with van der Waals surface area (Å²) in [6.07, 6.45) is 3.69. The van der Waals surface area contributed by atoms with Crippen molar-refractivity contribution in [2.24, 2.45) is 0 Å². The van der Waals surface area contributed by atoms with E-state index in [1.165, 1.54) is 16.1 Å². The first kappa shape index (κ1) is 22.9. The summed E-state index contributed by atoms with van der Waals surface area (Å²) in [6, 6.07) is 12.4. The van der Waals surface area contributed by atoms with Gasteiger partial charge in [-0.05, 0) is 49.8 Å². The Labute approximate surface area is 187 Å². The third-order valence-electron chi connectivity index (χ3n) is 5.10. The van der Waals surface area contributed by atoms with E-state index in [1.54, 1.807) is 56.7 Å². The summed E-state index contributed by atoms with van der Waals surface area (Å²) in [5.74, 6) is 0.238. The lowest BCUT2D eigenvalue weighted by Crippen LogP contribution is -2.48. The minimum Gasteiger partial charge on any atom is -0.497 e. The second kappa shape index (κ2) is 10.5. The molecule has 1 aliphatic rings. The number of ether oxygens (including phenoxy) is 2. The fraction of sp³-hybridized carbons (Fsp3) is 0.292. The van der Waals surface area contributed by atoms with Gasteiger partial charge >= 0.3 is 0 Å². The van der Waals surface area contributed by atoms with Crippen molar-refractivity contribution < 1.29 is 23.9 Å². The number of amides is 3. The van der Waals surface area contributed by atoms with Crippen LogP contribution in [-0.2, 0) is 9.59 Å². The Balaban J connectivity index is 1.63. The molecule has 2 aromatic rings. The van der Waals surface area contributed by atoms with Crippen molar-refractivity contribution in [2.75, 3.05) is 33.9 Å². The highest BCUT2D eigenvalue weighted by Gasteiger charge is 2.29. The zero-order chi connectivity index (χ0) is 23.1. The van der Waals surface area contributed by atoms with Gasteiger partial charge in [-0.25, -0.2) is 10.0 Å². The molecule has 0 radical (unpaired) electrons. The third-order valence-corrected chi connectivity index (χ3v) is 5.10. The highest BCUT2D eigenvalue weighted by Crippen LogP contribution is 2.25. The first-order valence-corrected chi connectivity index (χ1v) is 10.3. The van der Waals surface area contributed by atoms with Crippen LogP contribution >= 0.6 is 0 Å². The Kier molecular flexibility index (Phi) is 7.49. The van der Waals surface area contributed by atoms with Crippen molar-refractivity contribution in [1.82, 2.24) is 15.3 Å². The molecule has 0 bridgehead atoms. The second-order valence-electron chi connectivity index (χ2n) is 7.33. The van der Waals surface area contributed by atoms with Gasteiger partial charge in [0, 0.05) is 30.3 Å². The molecule has 0 aliphatic carbocycles. The largest absolute Gasteiger partial charge is 0.497 e. The number of carbonyl (C=O) groups excluding carboxylic acids is 3. The van der Waals surface area contributed by atoms with Crippen LogP contribution in [0.3, 0.4) is 0 Å². The van der Waals surface area contributed by atoms with E-state index in [2.05, 4.69) is 5.32 Å². The number of nitrogens with one attached hydrogen (secondary N) is 1. The predicted octanol–water partition coefficient (Wildman–Crippen LogP) is 2.43. The van der Waals surface area contributed by atoms with Crippen molar-refractivity contribution >= 4 is 23.8 Å². The lowest BCUT2D eigenvalue weighted by molar-refractivity contribution is -0.153. The number of methoxy groups -OCH3 is 2. The maximum absolute atomic E-state index is 12.8. The Morgan fingerprint density at radius 1 is 1.03 bits per heavy atom. The van der Waals surface area contributed by atoms with E-state index in [0.29, 0.717) is 42.1 Å². The Morgan fingerprint density at radius 3 is 2.53 bits per heavy atom. The SMILES string of the molecule is COc1ccc(OC)c(C=CC(=O)N2CCCN2C(=O)CNC(=O)c2cccc(C)c2)c1. The summed E-state index contributed by atoms with van der Waals surface area (Å²) in [6.45, 7) is 2.55. The highest BCUT2D eigenvalue weighted by molar-refractivity contribution is 5.97. The lowest BCUT2D eigenvalue weighted by Gasteiger charge is -2.27. The topological polar surface area (TPSA) is 88.2 Å². The maximum Gasteiger partial charge on any atom is 0.265 e. The molecule has 3 rings (SSSR count). The molecule has 2 aromatic carbocycles. The molecule has 8 nitrogen and oxygen atoms in total. The van der Waals surface area contributed by atoms with Gasteiger partial charge in [0.05, 0.1) is 20.8 Å². The molecule has 0 atom stereocenters. The summed E-state index contributed by atoms with van der Waals surface area (Å²) in [7, 11) is 3.11. The average Bonchev–Trinajstić information content (AvgIpc) is 3.30. The smallest absolute Gasteiger partial charge is 0.265 e. The summed E-state index contributed by atoms with van der Waals surface area (Å²) >= 11 is 0. The van der Waals surface area contributed by atoms with Gasteiger partial charge in [-0.3, -0.25) is 14.4 Å². The zero-order valence-electron chi connectivity index (χ0n) is 18.5. The Morgan fingerprint density at radius 2 is 1.81 bits per heavy atom. The van der Waals surface area contributed by atoms with E-state index in [9.17, 15) is 14.4 Å². The summed E-state index contributed by atoms with van der Waals surface area (Å²) in [5, 5.41) is 5.41. The number of hydrogen-bond donors (Lipinski definition) is 1. The number of nitrogens with zero attached hydrogens (tertiary/aromatic N) is 2. The van der Waals surface area contributed by atoms with Crippen LogP contribution in [0, 0.1) is 6.92 Å². The van der Waals surface area contributed by atoms with Crippen LogP contribution in [-0.4, -0.2) is 61.6 Å². The van der Waals surface area contributed by atoms with Crippen LogP contribution in [0.1, 0.15) is 27.9 Å². The summed E-state index contributed by atoms with van der Waals surface area (Å²) < 4.78 is 10.5. The van der Waals surface area contributed by atoms with Crippen LogP contribution in [0.4, 0.5) is 0 Å². The standard InChI is InChI=1S/C24H27N3O5/c1-17-6-4-7-19(14-17)24(30)25-16-23(29)27-13-5-12-26(27)22(28)11-8-18-15-20(31-2)9-10-21(18)32-3/h4,6-11,14-15H,5,12-13,16H2,1-3H3,(H,25,30). The fourth-order valence-electron chi connectivity index (χ4n) is 3.45. The van der Waals surface area contributed by atoms with Crippen molar-refractivity contribution in [2.45, 2.75) is 13.3 Å². The number of hydrazine groups is 1. The molecular weight excluding hydrogens is 410 g/mol. The van der Waals surface area contributed by atoms with E-state index in [4.69, 9.17) is 9.47 Å². The van der Waals surface area contributed by atoms with E-state index in [1.807, 2.05) is 13.0 Å². The van der Waals surface area contributed by atoms with Crippen molar-refractivity contribution in [1.29, 1.82) is 0 Å². The third kappa shape index (κ3) is 5.46. The first-order valence-electron chi connectivity index (χ1n) is 10.3. The molecule has 0 aromatic heterocycles. The number of benzene rings is 2. The Bertz CT molecular complexity index is 1030. The molecule has 1 saturated heterocycles. The van der Waals surface area contributed by atoms with Gasteiger partial charge in [0.2, 0.25) is 0 Å². The lowest BCUT2D eigenvalue weighted by atomic mass is 10.1. The van der Waals surface area contributed by atoms with Crippen LogP contribution in [0.25, 0.3) is 6.08 Å². The number of aryl methyl sites for hydroxylation is 1. The van der Waals surface area contributed by atoms with Crippen LogP contribution in [0.15, 0.2) is 48.5 Å². The molecule has 0 spiro atoms. The molecule has 0 unspecified atom stereocenters. The number of rotatable bonds is 7. The van der Waals surface area contributed by atoms with E-state index < -0.39 is 0 Å². The van der Waals surface area contributed by atoms with Crippen LogP contribution in [0.5, 0.6) is 11.5 Å². The Hall–Kier alpha value is -3.81. The minimum atomic E-state index is -0.343. The average molecular weight is 437 g/mol. The number of hydrogen-bond acceptors (Lipinski definition) is 5. The molecule has 32 heavy (non-hydrogen) atoms. The van der Waals surface area contributed by atoms with E-state index >= 15 is 0 Å². The molecule has 0 saturated carbocycles. The highest BCUT2D eigenvalue weighted by atomic mass is 16.5. The van der Waals surface area contributed by atoms with Gasteiger partial charge in [-0.15, -0.1) is 0 Å². The zero-order valence-corrected chi connectivity index (χ0v) is 18.5. The molecule has 8 heteroatoms. The summed E-state index contributed by atoms with van der Waals surface area (Å²) in [4.78, 5) is 37.8. The van der Waals surface area contributed by atoms with Crippen LogP contribution < -0.4 is 14.8 Å². The summed E-state index contributed by atoms with van der Waals surface area (Å²) in [5.41, 5.74) is 2.13.